The first-order valence-corrected chi connectivity index (χ1v) is 18.4. The smallest absolute Gasteiger partial charge is 0.213 e. The molecule has 0 fully saturated rings. The molecule has 0 aliphatic carbocycles. The van der Waals surface area contributed by atoms with Gasteiger partial charge in [-0.1, -0.05) is 175 Å². The van der Waals surface area contributed by atoms with Crippen LogP contribution in [0.2, 0.25) is 0 Å². The lowest BCUT2D eigenvalue weighted by Crippen LogP contribution is -2.36. The van der Waals surface area contributed by atoms with E-state index in [1.165, 1.54) is 154 Å². The summed E-state index contributed by atoms with van der Waals surface area (Å²) in [4.78, 5) is 0. The fourth-order valence-corrected chi connectivity index (χ4v) is 5.58. The Morgan fingerprint density at radius 3 is 1.26 bits per heavy atom. The van der Waals surface area contributed by atoms with E-state index in [1.807, 2.05) is 0 Å². The maximum absolute atomic E-state index is 10.4. The molecule has 0 spiro atoms. The molecule has 0 rings (SSSR count). The van der Waals surface area contributed by atoms with Crippen molar-refractivity contribution >= 4 is 0 Å². The molecule has 1 unspecified atom stereocenters. The molecule has 0 amide bonds. The van der Waals surface area contributed by atoms with Crippen molar-refractivity contribution in [1.82, 2.24) is 5.32 Å². The summed E-state index contributed by atoms with van der Waals surface area (Å²) in [5, 5.41) is 13.6. The Balaban J connectivity index is 0. The van der Waals surface area contributed by atoms with Crippen LogP contribution in [0.15, 0.2) is 0 Å². The molecule has 5 heteroatoms. The van der Waals surface area contributed by atoms with Gasteiger partial charge in [0, 0.05) is 20.3 Å². The molecule has 0 aromatic rings. The Bertz CT molecular complexity index is 437. The predicted molar refractivity (Wildman–Crippen MR) is 184 cm³/mol. The van der Waals surface area contributed by atoms with Crippen molar-refractivity contribution in [1.29, 1.82) is 0 Å². The van der Waals surface area contributed by atoms with Crippen molar-refractivity contribution in [3.8, 4) is 0 Å². The van der Waals surface area contributed by atoms with Crippen LogP contribution in [0.5, 0.6) is 0 Å². The highest BCUT2D eigenvalue weighted by Gasteiger charge is 2.14. The van der Waals surface area contributed by atoms with Gasteiger partial charge in [-0.15, -0.1) is 0 Å². The molecule has 0 aromatic heterocycles. The van der Waals surface area contributed by atoms with Crippen LogP contribution in [0.1, 0.15) is 195 Å². The number of ether oxygens (including phenoxy) is 3. The molecule has 0 aliphatic heterocycles. The topological polar surface area (TPSA) is 60.0 Å². The Morgan fingerprint density at radius 1 is 0.500 bits per heavy atom. The zero-order chi connectivity index (χ0) is 29.9. The van der Waals surface area contributed by atoms with Gasteiger partial charge in [-0.2, -0.15) is 0 Å². The van der Waals surface area contributed by atoms with Crippen LogP contribution in [0.4, 0.5) is 0 Å². The van der Waals surface area contributed by atoms with Crippen molar-refractivity contribution in [2.45, 2.75) is 207 Å². The van der Waals surface area contributed by atoms with E-state index in [4.69, 9.17) is 14.2 Å². The van der Waals surface area contributed by atoms with Gasteiger partial charge in [0.05, 0.1) is 19.3 Å². The van der Waals surface area contributed by atoms with E-state index in [2.05, 4.69) is 19.2 Å². The second-order valence-corrected chi connectivity index (χ2v) is 12.4. The molecule has 42 heavy (non-hydrogen) atoms. The van der Waals surface area contributed by atoms with E-state index in [9.17, 15) is 5.11 Å². The Hall–Kier alpha value is -0.200. The molecule has 0 bridgehead atoms. The average molecular weight is 602 g/mol. The zero-order valence-electron chi connectivity index (χ0n) is 28.2. The van der Waals surface area contributed by atoms with Gasteiger partial charge in [-0.05, 0) is 19.3 Å². The molecule has 5 nitrogen and oxygen atoms in total. The fourth-order valence-electron chi connectivity index (χ4n) is 5.58. The SMILES string of the molecule is C.CCCCCCCCCCCCCCC(CCCCCCCCCCCCCC)OC(O)NCCCOCCOC. The standard InChI is InChI=1S/C36H75NO4.CH4/c1-4-6-8-10-12-14-16-18-20-22-24-26-29-35(41-36(38)37-31-28-32-40-34-33-39-3)30-27-25-23-21-19-17-15-13-11-9-7-5-2;/h35-38H,4-34H2,1-3H3;1H4. The molecule has 0 saturated carbocycles. The lowest BCUT2D eigenvalue weighted by atomic mass is 10.0. The van der Waals surface area contributed by atoms with E-state index < -0.39 is 6.41 Å². The maximum Gasteiger partial charge on any atom is 0.213 e. The van der Waals surface area contributed by atoms with Crippen molar-refractivity contribution < 1.29 is 19.3 Å². The summed E-state index contributed by atoms with van der Waals surface area (Å²) in [6, 6.07) is 0. The van der Waals surface area contributed by atoms with Gasteiger partial charge in [0.1, 0.15) is 0 Å². The van der Waals surface area contributed by atoms with E-state index in [1.54, 1.807) is 7.11 Å². The molecule has 0 aromatic carbocycles. The van der Waals surface area contributed by atoms with Gasteiger partial charge < -0.3 is 19.3 Å². The van der Waals surface area contributed by atoms with Crippen LogP contribution in [0.3, 0.4) is 0 Å². The first kappa shape index (κ1) is 43.9. The van der Waals surface area contributed by atoms with Crippen LogP contribution in [0, 0.1) is 0 Å². The number of hydrogen-bond donors (Lipinski definition) is 2. The molecule has 0 aliphatic rings. The summed E-state index contributed by atoms with van der Waals surface area (Å²) in [7, 11) is 1.68. The third-order valence-electron chi connectivity index (χ3n) is 8.30. The number of unbranched alkanes of at least 4 members (excludes halogenated alkanes) is 22. The largest absolute Gasteiger partial charge is 0.382 e. The normalized spacial score (nSPS) is 12.2. The Labute approximate surface area is 265 Å². The summed E-state index contributed by atoms with van der Waals surface area (Å²) in [6.45, 7) is 7.18. The Kier molecular flexibility index (Phi) is 40.6. The summed E-state index contributed by atoms with van der Waals surface area (Å²) >= 11 is 0. The number of aliphatic hydroxyl groups excluding tert-OH is 1. The van der Waals surface area contributed by atoms with E-state index in [-0.39, 0.29) is 13.5 Å². The molecule has 256 valence electrons. The lowest BCUT2D eigenvalue weighted by molar-refractivity contribution is -0.158. The third-order valence-corrected chi connectivity index (χ3v) is 8.30. The minimum atomic E-state index is -0.881. The lowest BCUT2D eigenvalue weighted by Gasteiger charge is -2.22. The van der Waals surface area contributed by atoms with Crippen LogP contribution in [-0.2, 0) is 14.2 Å². The number of aliphatic hydroxyl groups is 1. The minimum absolute atomic E-state index is 0. The molecular weight excluding hydrogens is 522 g/mol. The van der Waals surface area contributed by atoms with Crippen molar-refractivity contribution in [2.24, 2.45) is 0 Å². The van der Waals surface area contributed by atoms with Gasteiger partial charge in [0.25, 0.3) is 0 Å². The maximum atomic E-state index is 10.4. The molecule has 1 atom stereocenters. The monoisotopic (exact) mass is 602 g/mol. The summed E-state index contributed by atoms with van der Waals surface area (Å²) in [6.07, 6.45) is 35.2. The quantitative estimate of drug-likeness (QED) is 0.0552. The van der Waals surface area contributed by atoms with E-state index in [0.717, 1.165) is 19.3 Å². The highest BCUT2D eigenvalue weighted by Crippen LogP contribution is 2.19. The summed E-state index contributed by atoms with van der Waals surface area (Å²) < 4.78 is 16.6. The van der Waals surface area contributed by atoms with Gasteiger partial charge in [0.2, 0.25) is 6.41 Å². The van der Waals surface area contributed by atoms with Crippen molar-refractivity contribution in [3.05, 3.63) is 0 Å². The van der Waals surface area contributed by atoms with Crippen molar-refractivity contribution in [2.75, 3.05) is 33.5 Å². The second kappa shape index (κ2) is 38.8. The minimum Gasteiger partial charge on any atom is -0.382 e. The van der Waals surface area contributed by atoms with Crippen LogP contribution >= 0.6 is 0 Å². The van der Waals surface area contributed by atoms with Gasteiger partial charge in [-0.3, -0.25) is 5.32 Å². The molecule has 0 radical (unpaired) electrons. The van der Waals surface area contributed by atoms with Crippen LogP contribution in [-0.4, -0.2) is 51.1 Å². The number of hydrogen-bond acceptors (Lipinski definition) is 5. The highest BCUT2D eigenvalue weighted by molar-refractivity contribution is 4.62. The van der Waals surface area contributed by atoms with Gasteiger partial charge >= 0.3 is 0 Å². The molecule has 0 heterocycles. The number of nitrogens with one attached hydrogen (secondary N) is 1. The van der Waals surface area contributed by atoms with Crippen LogP contribution < -0.4 is 5.32 Å². The summed E-state index contributed by atoms with van der Waals surface area (Å²) in [5.41, 5.74) is 0. The number of methoxy groups -OCH3 is 1. The first-order valence-electron chi connectivity index (χ1n) is 18.4. The fraction of sp³-hybridized carbons (Fsp3) is 1.00. The highest BCUT2D eigenvalue weighted by atomic mass is 16.6. The van der Waals surface area contributed by atoms with Gasteiger partial charge in [-0.25, -0.2) is 0 Å². The van der Waals surface area contributed by atoms with E-state index >= 15 is 0 Å². The third kappa shape index (κ3) is 36.0. The van der Waals surface area contributed by atoms with E-state index in [0.29, 0.717) is 26.4 Å². The zero-order valence-corrected chi connectivity index (χ0v) is 28.2. The van der Waals surface area contributed by atoms with Crippen LogP contribution in [0.25, 0.3) is 0 Å². The van der Waals surface area contributed by atoms with Crippen molar-refractivity contribution in [3.63, 3.8) is 0 Å². The first-order chi connectivity index (χ1) is 20.2. The predicted octanol–water partition coefficient (Wildman–Crippen LogP) is 11.1. The second-order valence-electron chi connectivity index (χ2n) is 12.4. The molecular formula is C37H79NO4. The molecule has 0 saturated heterocycles. The van der Waals surface area contributed by atoms with Gasteiger partial charge in [0.15, 0.2) is 0 Å². The molecule has 2 N–H and O–H groups in total. The Morgan fingerprint density at radius 2 is 0.881 bits per heavy atom. The number of rotatable bonds is 36. The average Bonchev–Trinajstić information content (AvgIpc) is 2.97. The summed E-state index contributed by atoms with van der Waals surface area (Å²) in [5.74, 6) is 0.